The van der Waals surface area contributed by atoms with Gasteiger partial charge in [0.15, 0.2) is 0 Å². The summed E-state index contributed by atoms with van der Waals surface area (Å²) in [5.74, 6) is -1.23. The van der Waals surface area contributed by atoms with E-state index in [9.17, 15) is 24.0 Å². The number of esters is 3. The molecule has 248 valence electrons. The molecule has 3 aromatic rings. The topological polar surface area (TPSA) is 169 Å². The average molecular weight is 637 g/mol. The third kappa shape index (κ3) is 10.2. The molecule has 0 aromatic carbocycles. The van der Waals surface area contributed by atoms with E-state index >= 15 is 0 Å². The van der Waals surface area contributed by atoms with Crippen LogP contribution in [0.2, 0.25) is 0 Å². The third-order valence-electron chi connectivity index (χ3n) is 7.85. The summed E-state index contributed by atoms with van der Waals surface area (Å²) in [6, 6.07) is 6.22. The lowest BCUT2D eigenvalue weighted by Crippen LogP contribution is -2.27. The Labute approximate surface area is 268 Å². The maximum Gasteiger partial charge on any atom is 0.338 e. The largest absolute Gasteiger partial charge is 0.465 e. The molecule has 0 amide bonds. The van der Waals surface area contributed by atoms with E-state index in [1.165, 1.54) is 43.7 Å². The Hall–Kier alpha value is -4.61. The lowest BCUT2D eigenvalue weighted by Gasteiger charge is -2.16. The number of nitrogens with two attached hydrogens (primary N) is 1. The van der Waals surface area contributed by atoms with Gasteiger partial charge in [-0.05, 0) is 69.7 Å². The maximum absolute atomic E-state index is 12.6. The number of aromatic nitrogens is 3. The summed E-state index contributed by atoms with van der Waals surface area (Å²) in [6.45, 7) is 2.13. The van der Waals surface area contributed by atoms with Crippen LogP contribution in [0, 0.1) is 5.92 Å². The molecule has 1 saturated carbocycles. The molecule has 2 N–H and O–H groups in total. The van der Waals surface area contributed by atoms with Crippen molar-refractivity contribution in [3.63, 3.8) is 0 Å². The molecule has 1 atom stereocenters. The van der Waals surface area contributed by atoms with Crippen molar-refractivity contribution in [2.75, 3.05) is 26.6 Å². The highest BCUT2D eigenvalue weighted by atomic mass is 16.5. The number of nitrogens with zero attached hydrogens (tertiary/aromatic N) is 3. The third-order valence-corrected chi connectivity index (χ3v) is 7.85. The Morgan fingerprint density at radius 3 is 2.15 bits per heavy atom. The first kappa shape index (κ1) is 35.9. The van der Waals surface area contributed by atoms with Crippen molar-refractivity contribution in [2.45, 2.75) is 84.0 Å². The number of carbonyl (C=O) groups excluding carboxylic acids is 4. The number of rotatable bonds is 4. The fourth-order valence-electron chi connectivity index (χ4n) is 5.39. The highest BCUT2D eigenvalue weighted by molar-refractivity contribution is 5.99. The Bertz CT molecular complexity index is 1560. The normalized spacial score (nSPS) is 16.3. The average Bonchev–Trinajstić information content (AvgIpc) is 3.03. The van der Waals surface area contributed by atoms with Crippen LogP contribution in [0.1, 0.15) is 103 Å². The highest BCUT2D eigenvalue weighted by Gasteiger charge is 2.27. The number of Topliss-reactive ketones (excluding diaryl/α,β-unsaturated/α-hetero) is 1. The number of methoxy groups -OCH3 is 2. The van der Waals surface area contributed by atoms with Crippen molar-refractivity contribution >= 4 is 35.2 Å². The molecular weight excluding hydrogens is 592 g/mol. The Morgan fingerprint density at radius 1 is 0.870 bits per heavy atom. The number of anilines is 1. The van der Waals surface area contributed by atoms with Crippen LogP contribution < -0.4 is 11.3 Å². The number of hydrogen-bond donors (Lipinski definition) is 1. The Balaban J connectivity index is 0.000000201. The first-order valence-electron chi connectivity index (χ1n) is 15.8. The van der Waals surface area contributed by atoms with Gasteiger partial charge in [-0.25, -0.2) is 19.6 Å². The second-order valence-electron chi connectivity index (χ2n) is 11.1. The molecule has 2 aliphatic rings. The summed E-state index contributed by atoms with van der Waals surface area (Å²) in [4.78, 5) is 66.4. The minimum atomic E-state index is -0.477. The van der Waals surface area contributed by atoms with Crippen LogP contribution in [-0.2, 0) is 36.6 Å². The van der Waals surface area contributed by atoms with Gasteiger partial charge >= 0.3 is 17.9 Å². The van der Waals surface area contributed by atoms with Crippen LogP contribution in [0.25, 0.3) is 5.65 Å². The summed E-state index contributed by atoms with van der Waals surface area (Å²) in [5.41, 5.74) is 8.39. The second kappa shape index (κ2) is 18.4. The summed E-state index contributed by atoms with van der Waals surface area (Å²) in [6.07, 6.45) is 14.5. The van der Waals surface area contributed by atoms with Gasteiger partial charge in [0.25, 0.3) is 5.56 Å². The van der Waals surface area contributed by atoms with Crippen molar-refractivity contribution in [2.24, 2.45) is 5.92 Å². The number of hydrogen-bond acceptors (Lipinski definition) is 11. The lowest BCUT2D eigenvalue weighted by atomic mass is 9.90. The van der Waals surface area contributed by atoms with Crippen LogP contribution in [0.5, 0.6) is 0 Å². The number of aryl methyl sites for hydroxylation is 1. The maximum atomic E-state index is 12.6. The minimum absolute atomic E-state index is 0.00619. The SMILES string of the molecule is CCOC(=O)C1CCCCCCC1=O.COC(=O)c1ccn2c(=O)c3c(nc2c1)CCCCCC3.COC(=O)c1ccnc(N)c1. The fraction of sp³-hybridized carbons (Fsp3) is 0.500. The molecule has 2 aliphatic carbocycles. The monoisotopic (exact) mass is 636 g/mol. The summed E-state index contributed by atoms with van der Waals surface area (Å²) >= 11 is 0. The standard InChI is InChI=1S/C16H18N2O3.C11H18O3.C7H8N2O2/c1-21-16(20)11-8-9-18-14(10-11)17-13-7-5-3-2-4-6-12(13)15(18)19;1-2-14-11(13)9-7-5-3-4-6-8-10(9)12;1-11-7(10)5-2-3-9-6(8)4-5/h8-10H,2-7H2,1H3;9H,2-8H2,1H3;2-4H,1H3,(H2,8,9). The number of fused-ring (bicyclic) bond motifs is 2. The van der Waals surface area contributed by atoms with Crippen LogP contribution in [-0.4, -0.2) is 58.9 Å². The van der Waals surface area contributed by atoms with E-state index in [-0.39, 0.29) is 17.3 Å². The molecule has 3 heterocycles. The van der Waals surface area contributed by atoms with Gasteiger partial charge in [0, 0.05) is 24.4 Å². The summed E-state index contributed by atoms with van der Waals surface area (Å²) < 4.78 is 15.6. The Kier molecular flexibility index (Phi) is 14.3. The molecule has 1 fully saturated rings. The number of ether oxygens (including phenoxy) is 3. The summed E-state index contributed by atoms with van der Waals surface area (Å²) in [7, 11) is 2.66. The molecule has 1 unspecified atom stereocenters. The van der Waals surface area contributed by atoms with Crippen molar-refractivity contribution in [1.29, 1.82) is 0 Å². The molecule has 12 heteroatoms. The fourth-order valence-corrected chi connectivity index (χ4v) is 5.39. The van der Waals surface area contributed by atoms with Crippen molar-refractivity contribution in [3.8, 4) is 0 Å². The number of nitrogen functional groups attached to an aromatic ring is 1. The van der Waals surface area contributed by atoms with Gasteiger partial charge in [0.05, 0.1) is 37.6 Å². The van der Waals surface area contributed by atoms with Gasteiger partial charge in [-0.2, -0.15) is 0 Å². The second-order valence-corrected chi connectivity index (χ2v) is 11.1. The zero-order chi connectivity index (χ0) is 33.5. The van der Waals surface area contributed by atoms with Gasteiger partial charge < -0.3 is 19.9 Å². The van der Waals surface area contributed by atoms with Gasteiger partial charge in [-0.1, -0.05) is 32.1 Å². The van der Waals surface area contributed by atoms with E-state index in [0.29, 0.717) is 42.0 Å². The number of carbonyl (C=O) groups is 4. The molecule has 5 rings (SSSR count). The molecule has 3 aromatic heterocycles. The van der Waals surface area contributed by atoms with Gasteiger partial charge in [-0.15, -0.1) is 0 Å². The molecule has 46 heavy (non-hydrogen) atoms. The van der Waals surface area contributed by atoms with E-state index in [1.807, 2.05) is 0 Å². The zero-order valence-corrected chi connectivity index (χ0v) is 26.9. The van der Waals surface area contributed by atoms with E-state index in [0.717, 1.165) is 62.6 Å². The molecule has 0 aliphatic heterocycles. The smallest absolute Gasteiger partial charge is 0.338 e. The van der Waals surface area contributed by atoms with Crippen LogP contribution in [0.3, 0.4) is 0 Å². The molecule has 0 radical (unpaired) electrons. The van der Waals surface area contributed by atoms with Crippen LogP contribution in [0.4, 0.5) is 5.82 Å². The zero-order valence-electron chi connectivity index (χ0n) is 26.9. The van der Waals surface area contributed by atoms with E-state index in [1.54, 1.807) is 31.3 Å². The molecule has 0 saturated heterocycles. The van der Waals surface area contributed by atoms with Crippen molar-refractivity contribution in [3.05, 3.63) is 69.4 Å². The van der Waals surface area contributed by atoms with Crippen molar-refractivity contribution in [1.82, 2.24) is 14.4 Å². The van der Waals surface area contributed by atoms with Crippen LogP contribution in [0.15, 0.2) is 41.5 Å². The van der Waals surface area contributed by atoms with E-state index in [4.69, 9.17) is 15.2 Å². The van der Waals surface area contributed by atoms with Gasteiger partial charge in [0.1, 0.15) is 23.2 Å². The molecule has 0 bridgehead atoms. The van der Waals surface area contributed by atoms with Gasteiger partial charge in [-0.3, -0.25) is 18.8 Å². The minimum Gasteiger partial charge on any atom is -0.465 e. The predicted octanol–water partition coefficient (Wildman–Crippen LogP) is 4.68. The molecule has 0 spiro atoms. The first-order chi connectivity index (χ1) is 22.2. The quantitative estimate of drug-likeness (QED) is 0.240. The first-order valence-corrected chi connectivity index (χ1v) is 15.8. The van der Waals surface area contributed by atoms with E-state index < -0.39 is 17.9 Å². The number of pyridine rings is 2. The molecule has 12 nitrogen and oxygen atoms in total. The van der Waals surface area contributed by atoms with Crippen molar-refractivity contribution < 1.29 is 33.4 Å². The summed E-state index contributed by atoms with van der Waals surface area (Å²) in [5, 5.41) is 0. The lowest BCUT2D eigenvalue weighted by molar-refractivity contribution is -0.152. The van der Waals surface area contributed by atoms with Gasteiger partial charge in [0.2, 0.25) is 0 Å². The van der Waals surface area contributed by atoms with E-state index in [2.05, 4.69) is 14.7 Å². The number of ketones is 1. The molecular formula is C34H44N4O8. The van der Waals surface area contributed by atoms with Crippen LogP contribution >= 0.6 is 0 Å². The Morgan fingerprint density at radius 2 is 1.50 bits per heavy atom. The predicted molar refractivity (Wildman–Crippen MR) is 171 cm³/mol. The highest BCUT2D eigenvalue weighted by Crippen LogP contribution is 2.21.